The zero-order valence-electron chi connectivity index (χ0n) is 11.7. The van der Waals surface area contributed by atoms with Crippen LogP contribution in [0.4, 0.5) is 0 Å². The number of nitrogens with two attached hydrogens (primary N) is 1. The molecule has 18 heavy (non-hydrogen) atoms. The molecule has 0 spiro atoms. The highest BCUT2D eigenvalue weighted by Gasteiger charge is 2.38. The Morgan fingerprint density at radius 2 is 2.11 bits per heavy atom. The van der Waals surface area contributed by atoms with E-state index in [1.54, 1.807) is 13.8 Å². The molecule has 0 aliphatic carbocycles. The van der Waals surface area contributed by atoms with Crippen molar-refractivity contribution >= 4 is 11.7 Å². The van der Waals surface area contributed by atoms with Crippen molar-refractivity contribution in [1.82, 2.24) is 9.80 Å². The summed E-state index contributed by atoms with van der Waals surface area (Å²) < 4.78 is 0. The van der Waals surface area contributed by atoms with Gasteiger partial charge >= 0.3 is 0 Å². The number of hydrogen-bond acceptors (Lipinski definition) is 4. The van der Waals surface area contributed by atoms with E-state index in [4.69, 9.17) is 10.9 Å². The fraction of sp³-hybridized carbons (Fsp3) is 0.833. The van der Waals surface area contributed by atoms with Gasteiger partial charge in [-0.1, -0.05) is 5.16 Å². The van der Waals surface area contributed by atoms with Gasteiger partial charge in [0.05, 0.1) is 0 Å². The maximum atomic E-state index is 12.4. The summed E-state index contributed by atoms with van der Waals surface area (Å²) in [4.78, 5) is 16.4. The lowest BCUT2D eigenvalue weighted by molar-refractivity contribution is -0.139. The second-order valence-corrected chi connectivity index (χ2v) is 5.62. The van der Waals surface area contributed by atoms with Gasteiger partial charge in [-0.25, -0.2) is 0 Å². The summed E-state index contributed by atoms with van der Waals surface area (Å²) in [7, 11) is 4.04. The molecule has 1 saturated heterocycles. The molecule has 1 aliphatic heterocycles. The summed E-state index contributed by atoms with van der Waals surface area (Å²) >= 11 is 0. The Morgan fingerprint density at radius 3 is 2.61 bits per heavy atom. The largest absolute Gasteiger partial charge is 0.409 e. The number of likely N-dealkylation sites (tertiary alicyclic amines) is 1. The Labute approximate surface area is 108 Å². The molecule has 3 N–H and O–H groups in total. The second-order valence-electron chi connectivity index (χ2n) is 5.62. The number of piperidine rings is 1. The normalized spacial score (nSPS) is 22.4. The van der Waals surface area contributed by atoms with E-state index in [-0.39, 0.29) is 11.7 Å². The quantitative estimate of drug-likeness (QED) is 0.329. The Morgan fingerprint density at radius 1 is 1.50 bits per heavy atom. The van der Waals surface area contributed by atoms with Crippen LogP contribution in [0.25, 0.3) is 0 Å². The second kappa shape index (κ2) is 5.56. The highest BCUT2D eigenvalue weighted by atomic mass is 16.4. The topological polar surface area (TPSA) is 82.2 Å². The van der Waals surface area contributed by atoms with Crippen LogP contribution in [0.1, 0.15) is 26.7 Å². The summed E-state index contributed by atoms with van der Waals surface area (Å²) in [5.74, 6) is -0.121. The molecule has 1 atom stereocenters. The van der Waals surface area contributed by atoms with Gasteiger partial charge in [0.2, 0.25) is 5.91 Å². The van der Waals surface area contributed by atoms with E-state index >= 15 is 0 Å². The highest BCUT2D eigenvalue weighted by Crippen LogP contribution is 2.23. The van der Waals surface area contributed by atoms with Crippen molar-refractivity contribution in [1.29, 1.82) is 0 Å². The number of hydrogen-bond donors (Lipinski definition) is 2. The van der Waals surface area contributed by atoms with Gasteiger partial charge in [0.1, 0.15) is 5.41 Å². The van der Waals surface area contributed by atoms with Gasteiger partial charge in [-0.15, -0.1) is 0 Å². The number of nitrogens with zero attached hydrogens (tertiary/aromatic N) is 3. The Bertz CT molecular complexity index is 339. The molecule has 1 fully saturated rings. The average Bonchev–Trinajstić information content (AvgIpc) is 2.36. The third kappa shape index (κ3) is 2.93. The van der Waals surface area contributed by atoms with Gasteiger partial charge in [0, 0.05) is 19.1 Å². The zero-order chi connectivity index (χ0) is 13.9. The van der Waals surface area contributed by atoms with Gasteiger partial charge < -0.3 is 20.7 Å². The van der Waals surface area contributed by atoms with Crippen molar-refractivity contribution in [2.75, 3.05) is 27.2 Å². The van der Waals surface area contributed by atoms with Gasteiger partial charge in [0.15, 0.2) is 5.84 Å². The van der Waals surface area contributed by atoms with Crippen molar-refractivity contribution in [2.45, 2.75) is 32.7 Å². The van der Waals surface area contributed by atoms with E-state index in [9.17, 15) is 4.79 Å². The Hall–Kier alpha value is -1.30. The van der Waals surface area contributed by atoms with E-state index in [1.165, 1.54) is 0 Å². The molecule has 6 nitrogen and oxygen atoms in total. The summed E-state index contributed by atoms with van der Waals surface area (Å²) in [6.07, 6.45) is 2.08. The number of carbonyl (C=O) groups is 1. The number of amidine groups is 1. The maximum Gasteiger partial charge on any atom is 0.236 e. The minimum absolute atomic E-state index is 0.0422. The minimum Gasteiger partial charge on any atom is -0.409 e. The first-order chi connectivity index (χ1) is 8.30. The molecule has 0 aromatic rings. The van der Waals surface area contributed by atoms with Crippen LogP contribution in [-0.4, -0.2) is 60.0 Å². The van der Waals surface area contributed by atoms with Crippen LogP contribution >= 0.6 is 0 Å². The lowest BCUT2D eigenvalue weighted by atomic mass is 9.89. The van der Waals surface area contributed by atoms with E-state index in [0.717, 1.165) is 19.4 Å². The average molecular weight is 256 g/mol. The molecule has 0 saturated carbocycles. The standard InChI is InChI=1S/C12H24N4O2/c1-12(2,10(13)14-18)11(17)16-7-5-6-9(8-16)15(3)4/h9,18H,5-8H2,1-4H3,(H2,13,14). The fourth-order valence-corrected chi connectivity index (χ4v) is 2.19. The van der Waals surface area contributed by atoms with Crippen LogP contribution in [0.5, 0.6) is 0 Å². The molecule has 6 heteroatoms. The van der Waals surface area contributed by atoms with Crippen molar-refractivity contribution in [3.8, 4) is 0 Å². The predicted octanol–water partition coefficient (Wildman–Crippen LogP) is 0.312. The van der Waals surface area contributed by atoms with Crippen LogP contribution in [0, 0.1) is 5.41 Å². The Kier molecular flexibility index (Phi) is 4.56. The molecule has 1 amide bonds. The van der Waals surface area contributed by atoms with Gasteiger partial charge in [0.25, 0.3) is 0 Å². The van der Waals surface area contributed by atoms with Crippen LogP contribution in [0.2, 0.25) is 0 Å². The molecule has 0 aromatic heterocycles. The monoisotopic (exact) mass is 256 g/mol. The third-order valence-electron chi connectivity index (χ3n) is 3.70. The third-order valence-corrected chi connectivity index (χ3v) is 3.70. The van der Waals surface area contributed by atoms with Crippen LogP contribution < -0.4 is 5.73 Å². The first kappa shape index (κ1) is 14.8. The lowest BCUT2D eigenvalue weighted by Gasteiger charge is -2.39. The first-order valence-electron chi connectivity index (χ1n) is 6.24. The molecule has 1 unspecified atom stereocenters. The molecule has 104 valence electrons. The molecule has 1 rings (SSSR count). The van der Waals surface area contributed by atoms with Crippen molar-refractivity contribution in [3.05, 3.63) is 0 Å². The maximum absolute atomic E-state index is 12.4. The highest BCUT2D eigenvalue weighted by molar-refractivity contribution is 6.05. The van der Waals surface area contributed by atoms with E-state index < -0.39 is 5.41 Å². The fourth-order valence-electron chi connectivity index (χ4n) is 2.19. The van der Waals surface area contributed by atoms with Crippen LogP contribution in [0.3, 0.4) is 0 Å². The number of oxime groups is 1. The SMILES string of the molecule is CN(C)C1CCCN(C(=O)C(C)(C)C(N)=NO)C1. The van der Waals surface area contributed by atoms with Gasteiger partial charge in [-0.05, 0) is 40.8 Å². The smallest absolute Gasteiger partial charge is 0.236 e. The number of carbonyl (C=O) groups excluding carboxylic acids is 1. The molecule has 0 bridgehead atoms. The number of likely N-dealkylation sites (N-methyl/N-ethyl adjacent to an activating group) is 1. The zero-order valence-corrected chi connectivity index (χ0v) is 11.7. The van der Waals surface area contributed by atoms with Crippen molar-refractivity contribution < 1.29 is 10.0 Å². The summed E-state index contributed by atoms with van der Waals surface area (Å²) in [5.41, 5.74) is 4.64. The van der Waals surface area contributed by atoms with Gasteiger partial charge in [-0.2, -0.15) is 0 Å². The van der Waals surface area contributed by atoms with E-state index in [2.05, 4.69) is 10.1 Å². The van der Waals surface area contributed by atoms with Crippen molar-refractivity contribution in [3.63, 3.8) is 0 Å². The molecule has 0 radical (unpaired) electrons. The summed E-state index contributed by atoms with van der Waals surface area (Å²) in [6, 6.07) is 0.380. The minimum atomic E-state index is -0.955. The van der Waals surface area contributed by atoms with Crippen LogP contribution in [0.15, 0.2) is 5.16 Å². The summed E-state index contributed by atoms with van der Waals surface area (Å²) in [6.45, 7) is 4.81. The Balaban J connectivity index is 2.78. The van der Waals surface area contributed by atoms with Crippen molar-refractivity contribution in [2.24, 2.45) is 16.3 Å². The summed E-state index contributed by atoms with van der Waals surface area (Å²) in [5, 5.41) is 11.7. The molecular weight excluding hydrogens is 232 g/mol. The first-order valence-corrected chi connectivity index (χ1v) is 6.24. The van der Waals surface area contributed by atoms with E-state index in [1.807, 2.05) is 19.0 Å². The number of rotatable bonds is 3. The van der Waals surface area contributed by atoms with Crippen LogP contribution in [-0.2, 0) is 4.79 Å². The van der Waals surface area contributed by atoms with E-state index in [0.29, 0.717) is 12.6 Å². The lowest BCUT2D eigenvalue weighted by Crippen LogP contribution is -2.54. The molecule has 0 aromatic carbocycles. The predicted molar refractivity (Wildman–Crippen MR) is 70.5 cm³/mol. The molecular formula is C12H24N4O2. The molecule has 1 aliphatic rings. The number of amides is 1. The van der Waals surface area contributed by atoms with Gasteiger partial charge in [-0.3, -0.25) is 4.79 Å². The molecule has 1 heterocycles.